The molecule has 1 heterocycles. The van der Waals surface area contributed by atoms with Gasteiger partial charge in [0.25, 0.3) is 6.92 Å². The van der Waals surface area contributed by atoms with Gasteiger partial charge in [0.15, 0.2) is 0 Å². The Labute approximate surface area is 140 Å². The molecule has 1 aliphatic rings. The van der Waals surface area contributed by atoms with Crippen molar-refractivity contribution in [3.05, 3.63) is 46.7 Å². The highest BCUT2D eigenvalue weighted by molar-refractivity contribution is 6.48. The van der Waals surface area contributed by atoms with E-state index in [0.29, 0.717) is 6.54 Å². The maximum absolute atomic E-state index is 9.47. The molecule has 0 aliphatic carbocycles. The number of benzene rings is 1. The number of rotatable bonds is 8. The topological polar surface area (TPSA) is 61.5 Å². The number of hydrogen-bond acceptors (Lipinski definition) is 4. The normalized spacial score (nSPS) is 15.9. The first-order valence-electron chi connectivity index (χ1n) is 8.63. The van der Waals surface area contributed by atoms with E-state index in [4.69, 9.17) is 5.73 Å². The molecule has 1 aliphatic heterocycles. The lowest BCUT2D eigenvalue weighted by molar-refractivity contribution is 0.0632. The lowest BCUT2D eigenvalue weighted by Crippen LogP contribution is -2.53. The fourth-order valence-electron chi connectivity index (χ4n) is 3.13. The van der Waals surface area contributed by atoms with Gasteiger partial charge in [-0.05, 0) is 61.2 Å². The lowest BCUT2D eigenvalue weighted by atomic mass is 9.66. The summed E-state index contributed by atoms with van der Waals surface area (Å²) in [5.74, 6) is 0.718. The summed E-state index contributed by atoms with van der Waals surface area (Å²) in [4.78, 5) is 0. The first-order valence-corrected chi connectivity index (χ1v) is 8.63. The minimum absolute atomic E-state index is 0.226. The van der Waals surface area contributed by atoms with Crippen molar-refractivity contribution in [1.82, 2.24) is 10.4 Å². The van der Waals surface area contributed by atoms with Gasteiger partial charge in [-0.2, -0.15) is 0 Å². The van der Waals surface area contributed by atoms with Gasteiger partial charge in [-0.1, -0.05) is 25.0 Å². The molecule has 23 heavy (non-hydrogen) atoms. The highest BCUT2D eigenvalue weighted by Gasteiger charge is 2.26. The Morgan fingerprint density at radius 3 is 2.61 bits per heavy atom. The fourth-order valence-corrected chi connectivity index (χ4v) is 3.13. The largest absolute Gasteiger partial charge is 0.451 e. The zero-order valence-electron chi connectivity index (χ0n) is 14.7. The van der Waals surface area contributed by atoms with Crippen molar-refractivity contribution in [2.75, 3.05) is 19.6 Å². The van der Waals surface area contributed by atoms with Crippen LogP contribution in [0.25, 0.3) is 0 Å². The van der Waals surface area contributed by atoms with Gasteiger partial charge < -0.3 is 16.2 Å². The second kappa shape index (κ2) is 8.53. The van der Waals surface area contributed by atoms with Gasteiger partial charge in [-0.3, -0.25) is 0 Å². The first kappa shape index (κ1) is 18.0. The summed E-state index contributed by atoms with van der Waals surface area (Å²) < 4.78 is 0. The molecule has 4 nitrogen and oxygen atoms in total. The van der Waals surface area contributed by atoms with Gasteiger partial charge in [-0.25, -0.2) is 5.01 Å². The summed E-state index contributed by atoms with van der Waals surface area (Å²) in [6.07, 6.45) is 6.77. The number of nitrogens with two attached hydrogens (primary N) is 1. The molecular weight excluding hydrogens is 285 g/mol. The van der Waals surface area contributed by atoms with Crippen molar-refractivity contribution >= 4 is 6.92 Å². The molecule has 0 amide bonds. The Bertz CT molecular complexity index is 539. The van der Waals surface area contributed by atoms with Crippen LogP contribution in [0.3, 0.4) is 0 Å². The molecule has 4 N–H and O–H groups in total. The molecule has 0 bridgehead atoms. The summed E-state index contributed by atoms with van der Waals surface area (Å²) in [5, 5.41) is 11.7. The number of nitrogens with one attached hydrogen (secondary N) is 1. The quantitative estimate of drug-likeness (QED) is 0.641. The summed E-state index contributed by atoms with van der Waals surface area (Å²) >= 11 is 0. The van der Waals surface area contributed by atoms with Crippen molar-refractivity contribution in [1.29, 1.82) is 0 Å². The molecule has 0 aromatic heterocycles. The average molecular weight is 315 g/mol. The number of nitrogens with zero attached hydrogens (tertiary/aromatic N) is 1. The zero-order chi connectivity index (χ0) is 16.8. The van der Waals surface area contributed by atoms with Crippen LogP contribution in [0.4, 0.5) is 0 Å². The molecule has 0 unspecified atom stereocenters. The minimum atomic E-state index is -0.226. The molecule has 0 atom stereocenters. The predicted octanol–water partition coefficient (Wildman–Crippen LogP) is 1.91. The van der Waals surface area contributed by atoms with Crippen LogP contribution < -0.4 is 11.2 Å². The lowest BCUT2D eigenvalue weighted by Gasteiger charge is -2.39. The van der Waals surface area contributed by atoms with E-state index in [-0.39, 0.29) is 6.92 Å². The predicted molar refractivity (Wildman–Crippen MR) is 98.4 cm³/mol. The van der Waals surface area contributed by atoms with Crippen LogP contribution in [0, 0.1) is 19.8 Å². The third-order valence-electron chi connectivity index (χ3n) is 4.82. The van der Waals surface area contributed by atoms with Crippen molar-refractivity contribution in [3.8, 4) is 0 Å². The van der Waals surface area contributed by atoms with Crippen molar-refractivity contribution in [3.63, 3.8) is 0 Å². The molecule has 5 heteroatoms. The Kier molecular flexibility index (Phi) is 6.69. The average Bonchev–Trinajstić information content (AvgIpc) is 2.47. The molecule has 0 radical (unpaired) electrons. The highest BCUT2D eigenvalue weighted by Crippen LogP contribution is 2.25. The molecular formula is C18H30BN3O. The zero-order valence-corrected chi connectivity index (χ0v) is 14.7. The van der Waals surface area contributed by atoms with E-state index in [1.807, 2.05) is 19.1 Å². The third kappa shape index (κ3) is 5.10. The van der Waals surface area contributed by atoms with Gasteiger partial charge in [0.05, 0.1) is 0 Å². The van der Waals surface area contributed by atoms with E-state index in [1.165, 1.54) is 22.3 Å². The maximum atomic E-state index is 9.47. The van der Waals surface area contributed by atoms with Crippen molar-refractivity contribution < 1.29 is 5.02 Å². The molecule has 1 fully saturated rings. The summed E-state index contributed by atoms with van der Waals surface area (Å²) in [5.41, 5.74) is 14.3. The molecule has 0 spiro atoms. The number of hydrogen-bond donors (Lipinski definition) is 3. The molecule has 1 aromatic carbocycles. The van der Waals surface area contributed by atoms with Crippen LogP contribution in [0.1, 0.15) is 22.3 Å². The second-order valence-electron chi connectivity index (χ2n) is 6.76. The molecule has 1 aromatic rings. The first-order chi connectivity index (χ1) is 11.0. The smallest absolute Gasteiger partial charge is 0.286 e. The number of hydrazine groups is 1. The second-order valence-corrected chi connectivity index (χ2v) is 6.76. The van der Waals surface area contributed by atoms with Crippen LogP contribution >= 0.6 is 0 Å². The Morgan fingerprint density at radius 1 is 1.30 bits per heavy atom. The molecule has 2 rings (SSSR count). The molecule has 1 saturated heterocycles. The van der Waals surface area contributed by atoms with Crippen molar-refractivity contribution in [2.45, 2.75) is 39.8 Å². The molecule has 126 valence electrons. The summed E-state index contributed by atoms with van der Waals surface area (Å²) in [6, 6.07) is 4.53. The SMILES string of the molecule is CB(O)CCc1ccc(CC2CN(N/C=C\CN)C2)c(C)c1C. The standard InChI is InChI=1S/C18H30BN3O/c1-14-15(2)18(6-5-17(14)7-8-19(3)23)11-16-12-22(13-16)21-10-4-9-20/h4-6,10,16,21,23H,7-9,11-13,20H2,1-3H3/b10-4-. The van der Waals surface area contributed by atoms with Gasteiger partial charge >= 0.3 is 0 Å². The van der Waals surface area contributed by atoms with Crippen LogP contribution in [0.2, 0.25) is 13.1 Å². The third-order valence-corrected chi connectivity index (χ3v) is 4.82. The van der Waals surface area contributed by atoms with Gasteiger partial charge in [0.2, 0.25) is 0 Å². The van der Waals surface area contributed by atoms with E-state index in [1.54, 1.807) is 0 Å². The Hall–Kier alpha value is -1.30. The van der Waals surface area contributed by atoms with Gasteiger partial charge in [0, 0.05) is 25.8 Å². The highest BCUT2D eigenvalue weighted by atomic mass is 16.2. The Morgan fingerprint density at radius 2 is 1.96 bits per heavy atom. The van der Waals surface area contributed by atoms with Crippen LogP contribution in [0.5, 0.6) is 0 Å². The van der Waals surface area contributed by atoms with Crippen molar-refractivity contribution in [2.24, 2.45) is 11.7 Å². The van der Waals surface area contributed by atoms with E-state index in [9.17, 15) is 5.02 Å². The molecule has 0 saturated carbocycles. The van der Waals surface area contributed by atoms with Crippen LogP contribution in [-0.4, -0.2) is 36.6 Å². The fraction of sp³-hybridized carbons (Fsp3) is 0.556. The monoisotopic (exact) mass is 315 g/mol. The van der Waals surface area contributed by atoms with E-state index >= 15 is 0 Å². The number of aryl methyl sites for hydroxylation is 1. The van der Waals surface area contributed by atoms with Gasteiger partial charge in [0.1, 0.15) is 0 Å². The Balaban J connectivity index is 1.87. The van der Waals surface area contributed by atoms with Gasteiger partial charge in [-0.15, -0.1) is 0 Å². The van der Waals surface area contributed by atoms with E-state index in [2.05, 4.69) is 36.4 Å². The van der Waals surface area contributed by atoms with Crippen LogP contribution in [-0.2, 0) is 12.8 Å². The van der Waals surface area contributed by atoms with E-state index < -0.39 is 0 Å². The summed E-state index contributed by atoms with van der Waals surface area (Å²) in [6.45, 7) is 8.81. The minimum Gasteiger partial charge on any atom is -0.451 e. The summed E-state index contributed by atoms with van der Waals surface area (Å²) in [7, 11) is 0. The van der Waals surface area contributed by atoms with E-state index in [0.717, 1.165) is 38.2 Å². The van der Waals surface area contributed by atoms with Crippen LogP contribution in [0.15, 0.2) is 24.4 Å². The maximum Gasteiger partial charge on any atom is 0.286 e.